The van der Waals surface area contributed by atoms with Gasteiger partial charge in [0.1, 0.15) is 11.5 Å². The lowest BCUT2D eigenvalue weighted by molar-refractivity contribution is 0.544. The summed E-state index contributed by atoms with van der Waals surface area (Å²) >= 11 is 1.95. The number of hydrogen-bond donors (Lipinski definition) is 2. The second-order valence-corrected chi connectivity index (χ2v) is 5.94. The Morgan fingerprint density at radius 3 is 3.00 bits per heavy atom. The van der Waals surface area contributed by atoms with E-state index in [2.05, 4.69) is 29.4 Å². The van der Waals surface area contributed by atoms with Gasteiger partial charge in [-0.25, -0.2) is 0 Å². The van der Waals surface area contributed by atoms with Crippen molar-refractivity contribution in [3.63, 3.8) is 0 Å². The van der Waals surface area contributed by atoms with Gasteiger partial charge in [-0.1, -0.05) is 6.92 Å². The third-order valence-corrected chi connectivity index (χ3v) is 4.06. The molecule has 0 aliphatic carbocycles. The first-order valence-corrected chi connectivity index (χ1v) is 7.76. The second-order valence-electron chi connectivity index (χ2n) is 4.62. The van der Waals surface area contributed by atoms with Crippen molar-refractivity contribution in [1.82, 2.24) is 15.5 Å². The van der Waals surface area contributed by atoms with E-state index in [1.165, 1.54) is 0 Å². The molecule has 2 N–H and O–H groups in total. The number of aryl methyl sites for hydroxylation is 1. The molecule has 1 unspecified atom stereocenters. The quantitative estimate of drug-likeness (QED) is 0.817. The largest absolute Gasteiger partial charge is 0.460 e. The van der Waals surface area contributed by atoms with Crippen LogP contribution in [0.2, 0.25) is 0 Å². The van der Waals surface area contributed by atoms with Crippen LogP contribution in [-0.4, -0.2) is 27.7 Å². The van der Waals surface area contributed by atoms with E-state index in [-0.39, 0.29) is 0 Å². The maximum Gasteiger partial charge on any atom is 0.152 e. The highest BCUT2D eigenvalue weighted by Gasteiger charge is 2.11. The molecule has 19 heavy (non-hydrogen) atoms. The van der Waals surface area contributed by atoms with E-state index in [9.17, 15) is 0 Å². The van der Waals surface area contributed by atoms with E-state index in [1.807, 2.05) is 37.0 Å². The molecule has 0 fully saturated rings. The molecular weight excluding hydrogens is 258 g/mol. The predicted octanol–water partition coefficient (Wildman–Crippen LogP) is 3.21. The van der Waals surface area contributed by atoms with Crippen LogP contribution in [0.4, 0.5) is 0 Å². The maximum absolute atomic E-state index is 5.64. The zero-order chi connectivity index (χ0) is 13.7. The molecule has 0 saturated heterocycles. The van der Waals surface area contributed by atoms with Crippen LogP contribution in [0.5, 0.6) is 0 Å². The summed E-state index contributed by atoms with van der Waals surface area (Å²) in [4.78, 5) is 0. The summed E-state index contributed by atoms with van der Waals surface area (Å²) in [5, 5.41) is 10.6. The average molecular weight is 279 g/mol. The topological polar surface area (TPSA) is 53.9 Å². The van der Waals surface area contributed by atoms with Gasteiger partial charge in [0.2, 0.25) is 0 Å². The van der Waals surface area contributed by atoms with Crippen molar-refractivity contribution >= 4 is 11.8 Å². The minimum Gasteiger partial charge on any atom is -0.460 e. The lowest BCUT2D eigenvalue weighted by atomic mass is 10.2. The van der Waals surface area contributed by atoms with Gasteiger partial charge in [0, 0.05) is 23.9 Å². The summed E-state index contributed by atoms with van der Waals surface area (Å²) in [6.07, 6.45) is 1.86. The summed E-state index contributed by atoms with van der Waals surface area (Å²) in [7, 11) is 0. The summed E-state index contributed by atoms with van der Waals surface area (Å²) in [6, 6.07) is 4.43. The molecule has 0 amide bonds. The van der Waals surface area contributed by atoms with E-state index in [1.54, 1.807) is 0 Å². The second kappa shape index (κ2) is 6.82. The minimum atomic E-state index is 0.492. The number of furan rings is 1. The average Bonchev–Trinajstić information content (AvgIpc) is 3.02. The lowest BCUT2D eigenvalue weighted by Gasteiger charge is -2.12. The summed E-state index contributed by atoms with van der Waals surface area (Å²) in [5.74, 6) is 4.05. The highest BCUT2D eigenvalue weighted by Crippen LogP contribution is 2.23. The number of H-pyrrole nitrogens is 1. The number of aromatic amines is 1. The Labute approximate surface area is 118 Å². The number of aromatic nitrogens is 2. The van der Waals surface area contributed by atoms with Gasteiger partial charge < -0.3 is 9.73 Å². The molecule has 0 aliphatic heterocycles. The molecule has 0 bridgehead atoms. The Bertz CT molecular complexity index is 506. The fourth-order valence-electron chi connectivity index (χ4n) is 1.87. The third-order valence-electron chi connectivity index (χ3n) is 2.92. The molecule has 4 nitrogen and oxygen atoms in total. The van der Waals surface area contributed by atoms with E-state index >= 15 is 0 Å². The van der Waals surface area contributed by atoms with E-state index in [0.717, 1.165) is 40.8 Å². The van der Waals surface area contributed by atoms with E-state index in [0.29, 0.717) is 6.04 Å². The van der Waals surface area contributed by atoms with Crippen molar-refractivity contribution in [2.24, 2.45) is 0 Å². The van der Waals surface area contributed by atoms with E-state index in [4.69, 9.17) is 4.42 Å². The van der Waals surface area contributed by atoms with Crippen LogP contribution in [0.1, 0.15) is 25.2 Å². The van der Waals surface area contributed by atoms with Crippen molar-refractivity contribution in [3.05, 3.63) is 29.7 Å². The highest BCUT2D eigenvalue weighted by molar-refractivity contribution is 7.99. The Kier molecular flexibility index (Phi) is 5.10. The molecule has 2 aromatic rings. The van der Waals surface area contributed by atoms with Gasteiger partial charge in [-0.3, -0.25) is 5.10 Å². The first kappa shape index (κ1) is 14.2. The number of thioether (sulfide) groups is 1. The van der Waals surface area contributed by atoms with Crippen LogP contribution in [-0.2, 0) is 6.54 Å². The standard InChI is InChI=1S/C14H21N3OS/c1-4-19-9-10(2)15-7-12-8-16-17-14(12)13-6-5-11(3)18-13/h5-6,8,10,15H,4,7,9H2,1-3H3,(H,16,17). The molecule has 2 rings (SSSR count). The first-order valence-electron chi connectivity index (χ1n) is 6.61. The van der Waals surface area contributed by atoms with Gasteiger partial charge in [0.25, 0.3) is 0 Å². The molecule has 0 aliphatic rings. The van der Waals surface area contributed by atoms with E-state index < -0.39 is 0 Å². The number of nitrogens with one attached hydrogen (secondary N) is 2. The van der Waals surface area contributed by atoms with Crippen LogP contribution >= 0.6 is 11.8 Å². The lowest BCUT2D eigenvalue weighted by Crippen LogP contribution is -2.27. The Morgan fingerprint density at radius 2 is 2.32 bits per heavy atom. The predicted molar refractivity (Wildman–Crippen MR) is 80.3 cm³/mol. The van der Waals surface area contributed by atoms with Crippen molar-refractivity contribution in [2.75, 3.05) is 11.5 Å². The Morgan fingerprint density at radius 1 is 1.47 bits per heavy atom. The first-order chi connectivity index (χ1) is 9.20. The fraction of sp³-hybridized carbons (Fsp3) is 0.500. The molecule has 5 heteroatoms. The molecule has 0 radical (unpaired) electrons. The summed E-state index contributed by atoms with van der Waals surface area (Å²) < 4.78 is 5.64. The molecule has 1 atom stereocenters. The van der Waals surface area contributed by atoms with Gasteiger partial charge >= 0.3 is 0 Å². The van der Waals surface area contributed by atoms with Crippen molar-refractivity contribution < 1.29 is 4.42 Å². The van der Waals surface area contributed by atoms with Gasteiger partial charge in [-0.05, 0) is 31.7 Å². The zero-order valence-corrected chi connectivity index (χ0v) is 12.5. The van der Waals surface area contributed by atoms with Gasteiger partial charge in [0.15, 0.2) is 5.76 Å². The monoisotopic (exact) mass is 279 g/mol. The number of hydrogen-bond acceptors (Lipinski definition) is 4. The molecule has 0 spiro atoms. The third kappa shape index (κ3) is 3.88. The SMILES string of the molecule is CCSCC(C)NCc1cn[nH]c1-c1ccc(C)o1. The Balaban J connectivity index is 1.96. The minimum absolute atomic E-state index is 0.492. The van der Waals surface area contributed by atoms with Crippen molar-refractivity contribution in [2.45, 2.75) is 33.4 Å². The molecule has 104 valence electrons. The van der Waals surface area contributed by atoms with Crippen LogP contribution in [0, 0.1) is 6.92 Å². The van der Waals surface area contributed by atoms with Gasteiger partial charge in [0.05, 0.1) is 6.20 Å². The number of rotatable bonds is 7. The van der Waals surface area contributed by atoms with Crippen molar-refractivity contribution in [1.29, 1.82) is 0 Å². The maximum atomic E-state index is 5.64. The highest BCUT2D eigenvalue weighted by atomic mass is 32.2. The normalized spacial score (nSPS) is 12.8. The fourth-order valence-corrected chi connectivity index (χ4v) is 2.57. The Hall–Kier alpha value is -1.20. The number of nitrogens with zero attached hydrogens (tertiary/aromatic N) is 1. The zero-order valence-electron chi connectivity index (χ0n) is 11.7. The smallest absolute Gasteiger partial charge is 0.152 e. The molecule has 2 heterocycles. The van der Waals surface area contributed by atoms with Crippen LogP contribution in [0.15, 0.2) is 22.7 Å². The van der Waals surface area contributed by atoms with Crippen LogP contribution in [0.3, 0.4) is 0 Å². The van der Waals surface area contributed by atoms with Crippen LogP contribution in [0.25, 0.3) is 11.5 Å². The summed E-state index contributed by atoms with van der Waals surface area (Å²) in [5.41, 5.74) is 2.11. The molecule has 2 aromatic heterocycles. The van der Waals surface area contributed by atoms with Crippen LogP contribution < -0.4 is 5.32 Å². The molecule has 0 aromatic carbocycles. The van der Waals surface area contributed by atoms with Crippen molar-refractivity contribution in [3.8, 4) is 11.5 Å². The van der Waals surface area contributed by atoms with Gasteiger partial charge in [-0.15, -0.1) is 0 Å². The van der Waals surface area contributed by atoms with Gasteiger partial charge in [-0.2, -0.15) is 16.9 Å². The molecule has 0 saturated carbocycles. The molecular formula is C14H21N3OS. The summed E-state index contributed by atoms with van der Waals surface area (Å²) in [6.45, 7) is 7.14.